The second-order valence-electron chi connectivity index (χ2n) is 3.50. The van der Waals surface area contributed by atoms with Gasteiger partial charge >= 0.3 is 0 Å². The van der Waals surface area contributed by atoms with Gasteiger partial charge in [0.2, 0.25) is 0 Å². The maximum Gasteiger partial charge on any atom is 0.132 e. The third-order valence-corrected chi connectivity index (χ3v) is 2.16. The van der Waals surface area contributed by atoms with Crippen molar-refractivity contribution >= 4 is 5.78 Å². The summed E-state index contributed by atoms with van der Waals surface area (Å²) in [6.07, 6.45) is 2.02. The predicted octanol–water partition coefficient (Wildman–Crippen LogP) is 0.686. The lowest BCUT2D eigenvalue weighted by Crippen LogP contribution is -2.20. The Hall–Kier alpha value is -0.410. The summed E-state index contributed by atoms with van der Waals surface area (Å²) < 4.78 is 5.52. The van der Waals surface area contributed by atoms with E-state index in [9.17, 15) is 4.79 Å². The molecule has 3 heteroatoms. The van der Waals surface area contributed by atoms with E-state index in [-0.39, 0.29) is 5.78 Å². The summed E-state index contributed by atoms with van der Waals surface area (Å²) in [5.41, 5.74) is 0. The van der Waals surface area contributed by atoms with E-state index in [0.29, 0.717) is 19.1 Å². The molecule has 0 aromatic heterocycles. The van der Waals surface area contributed by atoms with Gasteiger partial charge in [-0.05, 0) is 20.4 Å². The molecule has 0 N–H and O–H groups in total. The molecule has 0 bridgehead atoms. The molecule has 1 aliphatic rings. The molecule has 0 aliphatic carbocycles. The highest BCUT2D eigenvalue weighted by Gasteiger charge is 2.19. The van der Waals surface area contributed by atoms with E-state index in [1.54, 1.807) is 6.92 Å². The Bertz CT molecular complexity index is 159. The number of likely N-dealkylation sites (tertiary alicyclic amines) is 1. The van der Waals surface area contributed by atoms with Gasteiger partial charge in [0.25, 0.3) is 0 Å². The van der Waals surface area contributed by atoms with E-state index >= 15 is 0 Å². The van der Waals surface area contributed by atoms with Crippen LogP contribution < -0.4 is 0 Å². The summed E-state index contributed by atoms with van der Waals surface area (Å²) in [5, 5.41) is 0. The second-order valence-corrected chi connectivity index (χ2v) is 3.50. The highest BCUT2D eigenvalue weighted by molar-refractivity contribution is 5.75. The van der Waals surface area contributed by atoms with Gasteiger partial charge in [0.05, 0.1) is 12.7 Å². The molecule has 0 aromatic carbocycles. The first-order valence-electron chi connectivity index (χ1n) is 4.48. The fourth-order valence-corrected chi connectivity index (χ4v) is 1.40. The molecule has 0 aromatic rings. The van der Waals surface area contributed by atoms with E-state index in [4.69, 9.17) is 4.74 Å². The van der Waals surface area contributed by atoms with Gasteiger partial charge in [-0.1, -0.05) is 0 Å². The van der Waals surface area contributed by atoms with Crippen molar-refractivity contribution in [2.45, 2.75) is 25.9 Å². The van der Waals surface area contributed by atoms with Gasteiger partial charge in [0, 0.05) is 19.5 Å². The SMILES string of the molecule is CC(=O)CCOC1CCN(C)C1. The molecule has 0 spiro atoms. The number of likely N-dealkylation sites (N-methyl/N-ethyl adjacent to an activating group) is 1. The van der Waals surface area contributed by atoms with E-state index in [1.807, 2.05) is 0 Å². The monoisotopic (exact) mass is 171 g/mol. The number of carbonyl (C=O) groups excluding carboxylic acids is 1. The normalized spacial score (nSPS) is 24.7. The summed E-state index contributed by atoms with van der Waals surface area (Å²) >= 11 is 0. The van der Waals surface area contributed by atoms with Crippen LogP contribution in [0.25, 0.3) is 0 Å². The third-order valence-electron chi connectivity index (χ3n) is 2.16. The number of hydrogen-bond acceptors (Lipinski definition) is 3. The molecule has 3 nitrogen and oxygen atoms in total. The van der Waals surface area contributed by atoms with Gasteiger partial charge in [-0.2, -0.15) is 0 Å². The second kappa shape index (κ2) is 4.58. The van der Waals surface area contributed by atoms with E-state index < -0.39 is 0 Å². The first-order valence-corrected chi connectivity index (χ1v) is 4.48. The Morgan fingerprint density at radius 1 is 1.67 bits per heavy atom. The number of rotatable bonds is 4. The number of nitrogens with zero attached hydrogens (tertiary/aromatic N) is 1. The number of carbonyl (C=O) groups is 1. The van der Waals surface area contributed by atoms with Crippen LogP contribution in [0.5, 0.6) is 0 Å². The van der Waals surface area contributed by atoms with Crippen molar-refractivity contribution in [2.75, 3.05) is 26.7 Å². The van der Waals surface area contributed by atoms with Crippen molar-refractivity contribution in [3.8, 4) is 0 Å². The van der Waals surface area contributed by atoms with Crippen LogP contribution in [-0.4, -0.2) is 43.5 Å². The zero-order chi connectivity index (χ0) is 8.97. The quantitative estimate of drug-likeness (QED) is 0.623. The minimum Gasteiger partial charge on any atom is -0.376 e. The van der Waals surface area contributed by atoms with E-state index in [2.05, 4.69) is 11.9 Å². The van der Waals surface area contributed by atoms with Crippen molar-refractivity contribution in [3.05, 3.63) is 0 Å². The van der Waals surface area contributed by atoms with Gasteiger partial charge in [-0.3, -0.25) is 4.79 Å². The fourth-order valence-electron chi connectivity index (χ4n) is 1.40. The molecule has 0 radical (unpaired) electrons. The van der Waals surface area contributed by atoms with Crippen LogP contribution in [0.1, 0.15) is 19.8 Å². The van der Waals surface area contributed by atoms with Crippen LogP contribution in [0, 0.1) is 0 Å². The molecule has 1 rings (SSSR count). The summed E-state index contributed by atoms with van der Waals surface area (Å²) in [5.74, 6) is 0.210. The molecular formula is C9H17NO2. The Morgan fingerprint density at radius 2 is 2.42 bits per heavy atom. The summed E-state index contributed by atoms with van der Waals surface area (Å²) in [6.45, 7) is 4.32. The third kappa shape index (κ3) is 3.32. The topological polar surface area (TPSA) is 29.5 Å². The predicted molar refractivity (Wildman–Crippen MR) is 47.2 cm³/mol. The molecule has 0 saturated carbocycles. The zero-order valence-corrected chi connectivity index (χ0v) is 7.88. The van der Waals surface area contributed by atoms with Crippen molar-refractivity contribution < 1.29 is 9.53 Å². The van der Waals surface area contributed by atoms with Gasteiger partial charge in [0.15, 0.2) is 0 Å². The van der Waals surface area contributed by atoms with Crippen LogP contribution in [0.2, 0.25) is 0 Å². The number of hydrogen-bond donors (Lipinski definition) is 0. The highest BCUT2D eigenvalue weighted by Crippen LogP contribution is 2.10. The van der Waals surface area contributed by atoms with Crippen molar-refractivity contribution in [1.29, 1.82) is 0 Å². The summed E-state index contributed by atoms with van der Waals surface area (Å²) in [4.78, 5) is 12.8. The number of Topliss-reactive ketones (excluding diaryl/α,β-unsaturated/α-hetero) is 1. The molecule has 1 unspecified atom stereocenters. The maximum atomic E-state index is 10.6. The van der Waals surface area contributed by atoms with Crippen LogP contribution in [-0.2, 0) is 9.53 Å². The van der Waals surface area contributed by atoms with Crippen molar-refractivity contribution in [3.63, 3.8) is 0 Å². The van der Waals surface area contributed by atoms with E-state index in [1.165, 1.54) is 0 Å². The van der Waals surface area contributed by atoms with E-state index in [0.717, 1.165) is 19.5 Å². The highest BCUT2D eigenvalue weighted by atomic mass is 16.5. The first kappa shape index (κ1) is 9.68. The minimum absolute atomic E-state index is 0.210. The molecule has 0 amide bonds. The maximum absolute atomic E-state index is 10.6. The Morgan fingerprint density at radius 3 is 2.92 bits per heavy atom. The van der Waals surface area contributed by atoms with Crippen LogP contribution in [0.15, 0.2) is 0 Å². The molecule has 1 aliphatic heterocycles. The van der Waals surface area contributed by atoms with Crippen molar-refractivity contribution in [1.82, 2.24) is 4.90 Å². The lowest BCUT2D eigenvalue weighted by Gasteiger charge is -2.10. The van der Waals surface area contributed by atoms with Gasteiger partial charge in [-0.25, -0.2) is 0 Å². The lowest BCUT2D eigenvalue weighted by atomic mass is 10.3. The smallest absolute Gasteiger partial charge is 0.132 e. The molecule has 1 saturated heterocycles. The average Bonchev–Trinajstić information content (AvgIpc) is 2.35. The van der Waals surface area contributed by atoms with Gasteiger partial charge < -0.3 is 9.64 Å². The Labute approximate surface area is 73.7 Å². The van der Waals surface area contributed by atoms with Crippen molar-refractivity contribution in [2.24, 2.45) is 0 Å². The summed E-state index contributed by atoms with van der Waals surface area (Å²) in [6, 6.07) is 0. The average molecular weight is 171 g/mol. The molecule has 70 valence electrons. The largest absolute Gasteiger partial charge is 0.376 e. The van der Waals surface area contributed by atoms with Gasteiger partial charge in [-0.15, -0.1) is 0 Å². The standard InChI is InChI=1S/C9H17NO2/c1-8(11)4-6-12-9-3-5-10(2)7-9/h9H,3-7H2,1-2H3. The van der Waals surface area contributed by atoms with Gasteiger partial charge in [0.1, 0.15) is 5.78 Å². The van der Waals surface area contributed by atoms with Crippen LogP contribution >= 0.6 is 0 Å². The first-order chi connectivity index (χ1) is 5.68. The molecule has 1 fully saturated rings. The lowest BCUT2D eigenvalue weighted by molar-refractivity contribution is -0.118. The number of ketones is 1. The number of ether oxygens (including phenoxy) is 1. The molecule has 1 heterocycles. The fraction of sp³-hybridized carbons (Fsp3) is 0.889. The summed E-state index contributed by atoms with van der Waals surface area (Å²) in [7, 11) is 2.09. The Balaban J connectivity index is 2.04. The molecular weight excluding hydrogens is 154 g/mol. The zero-order valence-electron chi connectivity index (χ0n) is 7.88. The molecule has 1 atom stereocenters. The Kier molecular flexibility index (Phi) is 3.69. The molecule has 12 heavy (non-hydrogen) atoms. The van der Waals surface area contributed by atoms with Crippen LogP contribution in [0.3, 0.4) is 0 Å². The van der Waals surface area contributed by atoms with Crippen LogP contribution in [0.4, 0.5) is 0 Å². The minimum atomic E-state index is 0.210.